The molecule has 0 bridgehead atoms. The molecule has 1 atom stereocenters. The van der Waals surface area contributed by atoms with Crippen LogP contribution in [-0.2, 0) is 6.42 Å². The van der Waals surface area contributed by atoms with Gasteiger partial charge in [0.25, 0.3) is 0 Å². The maximum Gasteiger partial charge on any atom is 0.136 e. The number of aryl methyl sites for hydroxylation is 1. The van der Waals surface area contributed by atoms with Gasteiger partial charge in [0.2, 0.25) is 0 Å². The molecular weight excluding hydrogens is 366 g/mol. The molecule has 2 N–H and O–H groups in total. The zero-order valence-electron chi connectivity index (χ0n) is 15.9. The number of hydrogen-bond donors (Lipinski definition) is 2. The van der Waals surface area contributed by atoms with Crippen molar-refractivity contribution < 1.29 is 9.26 Å². The molecule has 7 nitrogen and oxygen atoms in total. The summed E-state index contributed by atoms with van der Waals surface area (Å²) in [5, 5.41) is 25.3. The van der Waals surface area contributed by atoms with Gasteiger partial charge in [-0.2, -0.15) is 10.4 Å². The fourth-order valence-electron chi connectivity index (χ4n) is 4.09. The van der Waals surface area contributed by atoms with Crippen LogP contribution in [0, 0.1) is 11.3 Å². The largest absolute Gasteiger partial charge is 0.495 e. The van der Waals surface area contributed by atoms with E-state index in [0.29, 0.717) is 11.3 Å². The number of anilines is 1. The first-order valence-corrected chi connectivity index (χ1v) is 9.52. The van der Waals surface area contributed by atoms with Gasteiger partial charge in [-0.3, -0.25) is 5.10 Å². The van der Waals surface area contributed by atoms with Gasteiger partial charge in [0.05, 0.1) is 36.0 Å². The molecule has 2 aromatic carbocycles. The Kier molecular flexibility index (Phi) is 4.17. The van der Waals surface area contributed by atoms with Crippen LogP contribution in [0.5, 0.6) is 5.75 Å². The zero-order valence-corrected chi connectivity index (χ0v) is 15.9. The van der Waals surface area contributed by atoms with Crippen LogP contribution in [0.1, 0.15) is 35.6 Å². The van der Waals surface area contributed by atoms with Gasteiger partial charge in [0, 0.05) is 11.1 Å². The van der Waals surface area contributed by atoms with Crippen LogP contribution >= 0.6 is 0 Å². The number of aromatic amines is 1. The molecule has 0 spiro atoms. The van der Waals surface area contributed by atoms with E-state index in [9.17, 15) is 5.26 Å². The van der Waals surface area contributed by atoms with Gasteiger partial charge in [-0.05, 0) is 60.7 Å². The normalized spacial score (nSPS) is 15.7. The molecule has 5 rings (SSSR count). The molecule has 0 saturated carbocycles. The van der Waals surface area contributed by atoms with Gasteiger partial charge in [-0.1, -0.05) is 5.16 Å². The number of rotatable bonds is 4. The molecule has 0 radical (unpaired) electrons. The van der Waals surface area contributed by atoms with Crippen molar-refractivity contribution in [1.29, 1.82) is 5.26 Å². The number of nitrogens with zero attached hydrogens (tertiary/aromatic N) is 3. The van der Waals surface area contributed by atoms with Crippen molar-refractivity contribution in [1.82, 2.24) is 15.4 Å². The number of ether oxygens (including phenoxy) is 1. The van der Waals surface area contributed by atoms with Gasteiger partial charge in [-0.15, -0.1) is 0 Å². The van der Waals surface area contributed by atoms with E-state index >= 15 is 0 Å². The van der Waals surface area contributed by atoms with Crippen molar-refractivity contribution in [2.24, 2.45) is 0 Å². The minimum Gasteiger partial charge on any atom is -0.495 e. The van der Waals surface area contributed by atoms with Crippen molar-refractivity contribution in [2.75, 3.05) is 12.4 Å². The number of H-pyrrole nitrogens is 1. The summed E-state index contributed by atoms with van der Waals surface area (Å²) in [5.74, 6) is 0.625. The second-order valence-electron chi connectivity index (χ2n) is 7.20. The Morgan fingerprint density at radius 3 is 3.03 bits per heavy atom. The molecule has 1 aliphatic carbocycles. The first kappa shape index (κ1) is 17.3. The molecule has 0 saturated heterocycles. The number of nitrogens with one attached hydrogen (secondary N) is 2. The van der Waals surface area contributed by atoms with E-state index in [-0.39, 0.29) is 6.04 Å². The Morgan fingerprint density at radius 1 is 1.31 bits per heavy atom. The highest BCUT2D eigenvalue weighted by atomic mass is 16.5. The van der Waals surface area contributed by atoms with Crippen molar-refractivity contribution in [2.45, 2.75) is 25.3 Å². The number of hydrogen-bond acceptors (Lipinski definition) is 6. The molecule has 0 fully saturated rings. The van der Waals surface area contributed by atoms with E-state index in [1.807, 2.05) is 24.3 Å². The SMILES string of the molecule is COc1cc2c(cc1C#N)CCC[C@@H]2Nc1ccc2[nH]nc(-c3cnoc3)c2c1. The van der Waals surface area contributed by atoms with Crippen LogP contribution in [0.4, 0.5) is 5.69 Å². The van der Waals surface area contributed by atoms with Gasteiger partial charge >= 0.3 is 0 Å². The highest BCUT2D eigenvalue weighted by Gasteiger charge is 2.23. The number of nitriles is 1. The topological polar surface area (TPSA) is 99.8 Å². The van der Waals surface area contributed by atoms with Crippen LogP contribution in [0.3, 0.4) is 0 Å². The van der Waals surface area contributed by atoms with Crippen LogP contribution in [-0.4, -0.2) is 22.5 Å². The van der Waals surface area contributed by atoms with Gasteiger partial charge in [0.15, 0.2) is 0 Å². The van der Waals surface area contributed by atoms with E-state index in [4.69, 9.17) is 9.26 Å². The van der Waals surface area contributed by atoms with E-state index in [1.165, 1.54) is 11.1 Å². The summed E-state index contributed by atoms with van der Waals surface area (Å²) < 4.78 is 10.4. The lowest BCUT2D eigenvalue weighted by Gasteiger charge is -2.28. The molecule has 2 aromatic heterocycles. The van der Waals surface area contributed by atoms with Crippen molar-refractivity contribution in [3.05, 3.63) is 59.5 Å². The van der Waals surface area contributed by atoms with Crippen LogP contribution < -0.4 is 10.1 Å². The van der Waals surface area contributed by atoms with E-state index < -0.39 is 0 Å². The number of benzene rings is 2. The Hall–Kier alpha value is -3.79. The molecule has 0 aliphatic heterocycles. The smallest absolute Gasteiger partial charge is 0.136 e. The Balaban J connectivity index is 1.51. The maximum absolute atomic E-state index is 9.37. The Bertz CT molecular complexity index is 1220. The van der Waals surface area contributed by atoms with Crippen LogP contribution in [0.25, 0.3) is 22.2 Å². The fourth-order valence-corrected chi connectivity index (χ4v) is 4.09. The first-order chi connectivity index (χ1) is 14.3. The molecule has 2 heterocycles. The molecule has 0 amide bonds. The maximum atomic E-state index is 9.37. The first-order valence-electron chi connectivity index (χ1n) is 9.52. The molecular formula is C22H19N5O2. The summed E-state index contributed by atoms with van der Waals surface area (Å²) in [5.41, 5.74) is 6.61. The molecule has 7 heteroatoms. The van der Waals surface area contributed by atoms with E-state index in [2.05, 4.69) is 32.8 Å². The lowest BCUT2D eigenvalue weighted by molar-refractivity contribution is 0.411. The molecule has 0 unspecified atom stereocenters. The molecule has 1 aliphatic rings. The van der Waals surface area contributed by atoms with Gasteiger partial charge in [-0.25, -0.2) is 0 Å². The lowest BCUT2D eigenvalue weighted by atomic mass is 9.86. The summed E-state index contributed by atoms with van der Waals surface area (Å²) in [6.07, 6.45) is 6.31. The Labute approximate surface area is 167 Å². The van der Waals surface area contributed by atoms with Crippen molar-refractivity contribution in [3.8, 4) is 23.1 Å². The monoisotopic (exact) mass is 385 g/mol. The van der Waals surface area contributed by atoms with Crippen LogP contribution in [0.15, 0.2) is 47.3 Å². The van der Waals surface area contributed by atoms with Crippen molar-refractivity contribution >= 4 is 16.6 Å². The second kappa shape index (κ2) is 6.99. The zero-order chi connectivity index (χ0) is 19.8. The van der Waals surface area contributed by atoms with Crippen molar-refractivity contribution in [3.63, 3.8) is 0 Å². The third-order valence-corrected chi connectivity index (χ3v) is 5.51. The average Bonchev–Trinajstić information content (AvgIpc) is 3.42. The Morgan fingerprint density at radius 2 is 2.24 bits per heavy atom. The number of methoxy groups -OCH3 is 1. The third kappa shape index (κ3) is 2.99. The highest BCUT2D eigenvalue weighted by Crippen LogP contribution is 2.37. The van der Waals surface area contributed by atoms with E-state index in [0.717, 1.165) is 47.1 Å². The number of fused-ring (bicyclic) bond motifs is 2. The van der Waals surface area contributed by atoms with Gasteiger partial charge in [0.1, 0.15) is 23.8 Å². The summed E-state index contributed by atoms with van der Waals surface area (Å²) in [6.45, 7) is 0. The number of aromatic nitrogens is 3. The quantitative estimate of drug-likeness (QED) is 0.533. The average molecular weight is 385 g/mol. The predicted octanol–water partition coefficient (Wildman–Crippen LogP) is 4.59. The standard InChI is InChI=1S/C22H19N5O2/c1-28-21-9-17-13(7-14(21)10-23)3-2-4-19(17)25-16-5-6-20-18(8-16)22(27-26-20)15-11-24-29-12-15/h5-9,11-12,19,25H,2-4H2,1H3,(H,26,27)/t19-/m0/s1. The highest BCUT2D eigenvalue weighted by molar-refractivity contribution is 5.94. The summed E-state index contributed by atoms with van der Waals surface area (Å²) >= 11 is 0. The summed E-state index contributed by atoms with van der Waals surface area (Å²) in [7, 11) is 1.60. The predicted molar refractivity (Wildman–Crippen MR) is 109 cm³/mol. The lowest BCUT2D eigenvalue weighted by Crippen LogP contribution is -2.18. The molecule has 144 valence electrons. The fraction of sp³-hybridized carbons (Fsp3) is 0.227. The third-order valence-electron chi connectivity index (χ3n) is 5.51. The molecule has 29 heavy (non-hydrogen) atoms. The summed E-state index contributed by atoms with van der Waals surface area (Å²) in [4.78, 5) is 0. The summed E-state index contributed by atoms with van der Waals surface area (Å²) in [6, 6.07) is 12.5. The second-order valence-corrected chi connectivity index (χ2v) is 7.20. The van der Waals surface area contributed by atoms with E-state index in [1.54, 1.807) is 19.6 Å². The molecule has 4 aromatic rings. The minimum atomic E-state index is 0.156. The van der Waals surface area contributed by atoms with Crippen LogP contribution in [0.2, 0.25) is 0 Å². The van der Waals surface area contributed by atoms with Gasteiger partial charge < -0.3 is 14.6 Å². The minimum absolute atomic E-state index is 0.156.